The second-order valence-electron chi connectivity index (χ2n) is 6.22. The van der Waals surface area contributed by atoms with Gasteiger partial charge in [-0.15, -0.1) is 0 Å². The van der Waals surface area contributed by atoms with Gasteiger partial charge in [0.2, 0.25) is 5.91 Å². The molecule has 0 spiro atoms. The maximum absolute atomic E-state index is 12.4. The van der Waals surface area contributed by atoms with Crippen LogP contribution in [0.2, 0.25) is 0 Å². The van der Waals surface area contributed by atoms with Crippen LogP contribution in [-0.2, 0) is 4.79 Å². The number of likely N-dealkylation sites (N-methyl/N-ethyl adjacent to an activating group) is 1. The van der Waals surface area contributed by atoms with E-state index in [-0.39, 0.29) is 18.5 Å². The Labute approximate surface area is 148 Å². The standard InChI is InChI=1S/C20H23N3O2/c1-3-22-12-13-23(14-19(22)24)20(25)21-17-10-8-16(9-11-17)18-7-5-4-6-15(18)2/h4-11H,3,12-14H2,1-2H3,(H,21,25). The average Bonchev–Trinajstić information content (AvgIpc) is 2.63. The van der Waals surface area contributed by atoms with Crippen LogP contribution >= 0.6 is 0 Å². The smallest absolute Gasteiger partial charge is 0.322 e. The quantitative estimate of drug-likeness (QED) is 0.934. The van der Waals surface area contributed by atoms with Crippen molar-refractivity contribution >= 4 is 17.6 Å². The van der Waals surface area contributed by atoms with Gasteiger partial charge in [-0.3, -0.25) is 4.79 Å². The summed E-state index contributed by atoms with van der Waals surface area (Å²) in [6.45, 7) is 6.01. The summed E-state index contributed by atoms with van der Waals surface area (Å²) >= 11 is 0. The number of amides is 3. The van der Waals surface area contributed by atoms with Gasteiger partial charge in [0.05, 0.1) is 0 Å². The minimum absolute atomic E-state index is 0.00111. The number of hydrogen-bond acceptors (Lipinski definition) is 2. The fraction of sp³-hybridized carbons (Fsp3) is 0.300. The number of anilines is 1. The Balaban J connectivity index is 1.65. The predicted octanol–water partition coefficient (Wildman–Crippen LogP) is 3.36. The summed E-state index contributed by atoms with van der Waals surface area (Å²) in [5.74, 6) is -0.00111. The second-order valence-corrected chi connectivity index (χ2v) is 6.22. The lowest BCUT2D eigenvalue weighted by Crippen LogP contribution is -2.53. The lowest BCUT2D eigenvalue weighted by atomic mass is 10.0. The van der Waals surface area contributed by atoms with Crippen LogP contribution in [0, 0.1) is 6.92 Å². The summed E-state index contributed by atoms with van der Waals surface area (Å²) < 4.78 is 0. The van der Waals surface area contributed by atoms with Crippen LogP contribution in [0.25, 0.3) is 11.1 Å². The Morgan fingerprint density at radius 3 is 2.44 bits per heavy atom. The highest BCUT2D eigenvalue weighted by atomic mass is 16.2. The minimum Gasteiger partial charge on any atom is -0.340 e. The largest absolute Gasteiger partial charge is 0.340 e. The molecule has 0 aromatic heterocycles. The summed E-state index contributed by atoms with van der Waals surface area (Å²) in [5.41, 5.74) is 4.24. The zero-order valence-corrected chi connectivity index (χ0v) is 14.7. The SMILES string of the molecule is CCN1CCN(C(=O)Nc2ccc(-c3ccccc3C)cc2)CC1=O. The Morgan fingerprint density at radius 2 is 1.80 bits per heavy atom. The zero-order chi connectivity index (χ0) is 17.8. The van der Waals surface area contributed by atoms with E-state index in [0.717, 1.165) is 11.3 Å². The molecule has 0 saturated carbocycles. The van der Waals surface area contributed by atoms with Crippen molar-refractivity contribution in [3.63, 3.8) is 0 Å². The van der Waals surface area contributed by atoms with Gasteiger partial charge in [-0.25, -0.2) is 4.79 Å². The van der Waals surface area contributed by atoms with Gasteiger partial charge >= 0.3 is 6.03 Å². The number of urea groups is 1. The van der Waals surface area contributed by atoms with Crippen molar-refractivity contribution in [1.29, 1.82) is 0 Å². The topological polar surface area (TPSA) is 52.6 Å². The number of carbonyl (C=O) groups excluding carboxylic acids is 2. The molecule has 0 radical (unpaired) electrons. The van der Waals surface area contributed by atoms with Crippen LogP contribution < -0.4 is 5.32 Å². The molecule has 1 fully saturated rings. The molecule has 25 heavy (non-hydrogen) atoms. The van der Waals surface area contributed by atoms with Crippen molar-refractivity contribution < 1.29 is 9.59 Å². The molecule has 1 heterocycles. The number of nitrogens with zero attached hydrogens (tertiary/aromatic N) is 2. The first-order valence-corrected chi connectivity index (χ1v) is 8.58. The van der Waals surface area contributed by atoms with Gasteiger partial charge in [-0.1, -0.05) is 36.4 Å². The summed E-state index contributed by atoms with van der Waals surface area (Å²) in [5, 5.41) is 2.87. The fourth-order valence-electron chi connectivity index (χ4n) is 3.05. The number of rotatable bonds is 3. The first-order valence-electron chi connectivity index (χ1n) is 8.58. The van der Waals surface area contributed by atoms with E-state index in [9.17, 15) is 9.59 Å². The molecule has 1 aliphatic heterocycles. The number of benzene rings is 2. The van der Waals surface area contributed by atoms with Crippen LogP contribution in [0.15, 0.2) is 48.5 Å². The lowest BCUT2D eigenvalue weighted by molar-refractivity contribution is -0.134. The van der Waals surface area contributed by atoms with Crippen LogP contribution in [0.5, 0.6) is 0 Å². The van der Waals surface area contributed by atoms with E-state index in [2.05, 4.69) is 24.4 Å². The number of piperazine rings is 1. The molecular formula is C20H23N3O2. The van der Waals surface area contributed by atoms with E-state index in [1.165, 1.54) is 11.1 Å². The molecule has 5 heteroatoms. The van der Waals surface area contributed by atoms with E-state index in [1.54, 1.807) is 9.80 Å². The van der Waals surface area contributed by atoms with Crippen molar-refractivity contribution in [2.45, 2.75) is 13.8 Å². The van der Waals surface area contributed by atoms with Crippen LogP contribution in [0.1, 0.15) is 12.5 Å². The third-order valence-corrected chi connectivity index (χ3v) is 4.58. The van der Waals surface area contributed by atoms with Gasteiger partial charge in [0.15, 0.2) is 0 Å². The summed E-state index contributed by atoms with van der Waals surface area (Å²) in [6.07, 6.45) is 0. The monoisotopic (exact) mass is 337 g/mol. The molecule has 3 rings (SSSR count). The molecule has 1 saturated heterocycles. The van der Waals surface area contributed by atoms with Crippen molar-refractivity contribution in [3.8, 4) is 11.1 Å². The first-order chi connectivity index (χ1) is 12.1. The van der Waals surface area contributed by atoms with Crippen LogP contribution in [-0.4, -0.2) is 47.9 Å². The number of aryl methyl sites for hydroxylation is 1. The second kappa shape index (κ2) is 7.38. The van der Waals surface area contributed by atoms with Gasteiger partial charge in [0.25, 0.3) is 0 Å². The van der Waals surface area contributed by atoms with E-state index in [1.807, 2.05) is 43.3 Å². The number of nitrogens with one attached hydrogen (secondary N) is 1. The Bertz CT molecular complexity index is 771. The predicted molar refractivity (Wildman–Crippen MR) is 99.5 cm³/mol. The van der Waals surface area contributed by atoms with Crippen LogP contribution in [0.4, 0.5) is 10.5 Å². The van der Waals surface area contributed by atoms with Crippen molar-refractivity contribution in [2.24, 2.45) is 0 Å². The first kappa shape index (κ1) is 17.0. The van der Waals surface area contributed by atoms with Gasteiger partial charge in [0, 0.05) is 25.3 Å². The molecule has 5 nitrogen and oxygen atoms in total. The molecule has 2 aromatic carbocycles. The molecule has 1 N–H and O–H groups in total. The molecule has 0 atom stereocenters. The van der Waals surface area contributed by atoms with Gasteiger partial charge in [0.1, 0.15) is 6.54 Å². The van der Waals surface area contributed by atoms with E-state index < -0.39 is 0 Å². The van der Waals surface area contributed by atoms with Gasteiger partial charge in [-0.2, -0.15) is 0 Å². The summed E-state index contributed by atoms with van der Waals surface area (Å²) in [6, 6.07) is 15.8. The Hall–Kier alpha value is -2.82. The molecule has 2 aromatic rings. The molecular weight excluding hydrogens is 314 g/mol. The van der Waals surface area contributed by atoms with E-state index in [4.69, 9.17) is 0 Å². The van der Waals surface area contributed by atoms with Gasteiger partial charge < -0.3 is 15.1 Å². The van der Waals surface area contributed by atoms with Gasteiger partial charge in [-0.05, 0) is 42.7 Å². The van der Waals surface area contributed by atoms with E-state index >= 15 is 0 Å². The van der Waals surface area contributed by atoms with Crippen molar-refractivity contribution in [3.05, 3.63) is 54.1 Å². The molecule has 0 aliphatic carbocycles. The average molecular weight is 337 g/mol. The zero-order valence-electron chi connectivity index (χ0n) is 14.7. The molecule has 0 unspecified atom stereocenters. The van der Waals surface area contributed by atoms with Crippen molar-refractivity contribution in [1.82, 2.24) is 9.80 Å². The fourth-order valence-corrected chi connectivity index (χ4v) is 3.05. The Morgan fingerprint density at radius 1 is 1.08 bits per heavy atom. The summed E-state index contributed by atoms with van der Waals surface area (Å²) in [7, 11) is 0. The lowest BCUT2D eigenvalue weighted by Gasteiger charge is -2.33. The molecule has 1 aliphatic rings. The third-order valence-electron chi connectivity index (χ3n) is 4.58. The summed E-state index contributed by atoms with van der Waals surface area (Å²) in [4.78, 5) is 27.6. The maximum atomic E-state index is 12.4. The highest BCUT2D eigenvalue weighted by Gasteiger charge is 2.26. The van der Waals surface area contributed by atoms with Crippen molar-refractivity contribution in [2.75, 3.05) is 31.5 Å². The molecule has 3 amide bonds. The normalized spacial score (nSPS) is 14.6. The Kier molecular flexibility index (Phi) is 5.03. The minimum atomic E-state index is -0.229. The van der Waals surface area contributed by atoms with Crippen LogP contribution in [0.3, 0.4) is 0 Å². The maximum Gasteiger partial charge on any atom is 0.322 e. The van der Waals surface area contributed by atoms with E-state index in [0.29, 0.717) is 19.6 Å². The third kappa shape index (κ3) is 3.82. The molecule has 130 valence electrons. The molecule has 0 bridgehead atoms. The number of carbonyl (C=O) groups is 2. The highest BCUT2D eigenvalue weighted by molar-refractivity contribution is 5.93. The number of hydrogen-bond donors (Lipinski definition) is 1. The highest BCUT2D eigenvalue weighted by Crippen LogP contribution is 2.24.